The highest BCUT2D eigenvalue weighted by molar-refractivity contribution is 6.10. The molecule has 0 atom stereocenters. The predicted molar refractivity (Wildman–Crippen MR) is 132 cm³/mol. The Hall–Kier alpha value is -4.86. The minimum atomic E-state index is -1.05. The number of aromatic carboxylic acids is 1. The second kappa shape index (κ2) is 8.12. The summed E-state index contributed by atoms with van der Waals surface area (Å²) in [7, 11) is 0. The van der Waals surface area contributed by atoms with Crippen molar-refractivity contribution >= 4 is 23.3 Å². The molecule has 1 aliphatic rings. The topological polar surface area (TPSA) is 119 Å². The highest BCUT2D eigenvalue weighted by atomic mass is 16.4. The van der Waals surface area contributed by atoms with E-state index in [1.54, 1.807) is 23.5 Å². The second-order valence-corrected chi connectivity index (χ2v) is 8.89. The fourth-order valence-electron chi connectivity index (χ4n) is 4.48. The van der Waals surface area contributed by atoms with E-state index in [4.69, 9.17) is 4.98 Å². The molecule has 1 aromatic carbocycles. The number of carbonyl (C=O) groups is 2. The molecule has 0 aliphatic carbocycles. The molecule has 6 rings (SSSR count). The summed E-state index contributed by atoms with van der Waals surface area (Å²) in [6, 6.07) is 15.0. The standard InChI is InChI=1S/C26H21N7O3/c1-15(2)33-14-28-30-24(33)20-4-3-5-23(29-20)32-13-18-7-6-16(10-19(18)25(32)34)17-8-9-22-27-11-21(26(35)36)31(22)12-17/h3-12,14-15H,13H2,1-2H3,(H,35,36). The van der Waals surface area contributed by atoms with Crippen molar-refractivity contribution in [2.24, 2.45) is 0 Å². The lowest BCUT2D eigenvalue weighted by atomic mass is 10.0. The summed E-state index contributed by atoms with van der Waals surface area (Å²) >= 11 is 0. The van der Waals surface area contributed by atoms with E-state index in [1.807, 2.05) is 60.9 Å². The van der Waals surface area contributed by atoms with Gasteiger partial charge in [-0.15, -0.1) is 10.2 Å². The summed E-state index contributed by atoms with van der Waals surface area (Å²) in [6.07, 6.45) is 4.73. The summed E-state index contributed by atoms with van der Waals surface area (Å²) in [4.78, 5) is 35.5. The van der Waals surface area contributed by atoms with E-state index in [1.165, 1.54) is 10.6 Å². The van der Waals surface area contributed by atoms with E-state index in [2.05, 4.69) is 15.2 Å². The summed E-state index contributed by atoms with van der Waals surface area (Å²) in [5.74, 6) is -0.00836. The number of benzene rings is 1. The molecule has 0 unspecified atom stereocenters. The zero-order chi connectivity index (χ0) is 25.0. The van der Waals surface area contributed by atoms with E-state index in [0.29, 0.717) is 35.1 Å². The first-order valence-corrected chi connectivity index (χ1v) is 11.4. The number of nitrogens with zero attached hydrogens (tertiary/aromatic N) is 7. The van der Waals surface area contributed by atoms with Gasteiger partial charge in [-0.25, -0.2) is 14.8 Å². The van der Waals surface area contributed by atoms with Crippen LogP contribution in [0.4, 0.5) is 5.82 Å². The van der Waals surface area contributed by atoms with Gasteiger partial charge in [0.1, 0.15) is 23.5 Å². The average Bonchev–Trinajstić information content (AvgIpc) is 3.61. The average molecular weight is 480 g/mol. The fraction of sp³-hybridized carbons (Fsp3) is 0.154. The number of hydrogen-bond donors (Lipinski definition) is 1. The van der Waals surface area contributed by atoms with Crippen molar-refractivity contribution in [1.82, 2.24) is 29.1 Å². The van der Waals surface area contributed by atoms with Crippen LogP contribution in [0.1, 0.15) is 46.3 Å². The Morgan fingerprint density at radius 1 is 1.08 bits per heavy atom. The zero-order valence-corrected chi connectivity index (χ0v) is 19.5. The molecule has 0 bridgehead atoms. The van der Waals surface area contributed by atoms with Gasteiger partial charge in [0.25, 0.3) is 5.91 Å². The molecule has 5 heterocycles. The third kappa shape index (κ3) is 3.42. The first-order valence-electron chi connectivity index (χ1n) is 11.4. The Kier molecular flexibility index (Phi) is 4.89. The maximum Gasteiger partial charge on any atom is 0.354 e. The number of aromatic nitrogens is 6. The Bertz CT molecular complexity index is 1670. The van der Waals surface area contributed by atoms with Crippen LogP contribution in [0, 0.1) is 0 Å². The van der Waals surface area contributed by atoms with Gasteiger partial charge in [0, 0.05) is 17.8 Å². The molecule has 10 nitrogen and oxygen atoms in total. The first-order chi connectivity index (χ1) is 17.4. The molecule has 0 saturated heterocycles. The third-order valence-electron chi connectivity index (χ3n) is 6.34. The van der Waals surface area contributed by atoms with Crippen LogP contribution in [0.5, 0.6) is 0 Å². The molecule has 0 radical (unpaired) electrons. The van der Waals surface area contributed by atoms with Crippen LogP contribution in [0.15, 0.2) is 67.3 Å². The lowest BCUT2D eigenvalue weighted by molar-refractivity contribution is 0.0689. The largest absolute Gasteiger partial charge is 0.477 e. The van der Waals surface area contributed by atoms with Gasteiger partial charge in [-0.1, -0.05) is 18.2 Å². The molecule has 1 amide bonds. The van der Waals surface area contributed by atoms with Gasteiger partial charge in [-0.05, 0) is 60.9 Å². The Morgan fingerprint density at radius 2 is 1.92 bits per heavy atom. The third-order valence-corrected chi connectivity index (χ3v) is 6.34. The van der Waals surface area contributed by atoms with Crippen molar-refractivity contribution < 1.29 is 14.7 Å². The van der Waals surface area contributed by atoms with Crippen LogP contribution >= 0.6 is 0 Å². The zero-order valence-electron chi connectivity index (χ0n) is 19.5. The number of imidazole rings is 1. The number of hydrogen-bond acceptors (Lipinski definition) is 6. The maximum absolute atomic E-state index is 13.4. The van der Waals surface area contributed by atoms with Crippen molar-refractivity contribution in [3.8, 4) is 22.6 Å². The molecule has 178 valence electrons. The lowest BCUT2D eigenvalue weighted by Gasteiger charge is -2.16. The lowest BCUT2D eigenvalue weighted by Crippen LogP contribution is -2.24. The Balaban J connectivity index is 1.34. The van der Waals surface area contributed by atoms with Crippen LogP contribution in [-0.4, -0.2) is 46.1 Å². The Morgan fingerprint density at radius 3 is 2.72 bits per heavy atom. The Labute approximate surface area is 205 Å². The number of anilines is 1. The van der Waals surface area contributed by atoms with Crippen molar-refractivity contribution in [2.75, 3.05) is 4.90 Å². The van der Waals surface area contributed by atoms with Crippen molar-refractivity contribution in [1.29, 1.82) is 0 Å². The van der Waals surface area contributed by atoms with Gasteiger partial charge in [0.05, 0.1) is 12.7 Å². The van der Waals surface area contributed by atoms with Gasteiger partial charge in [0.15, 0.2) is 11.5 Å². The number of carboxylic acids is 1. The van der Waals surface area contributed by atoms with Gasteiger partial charge in [-0.2, -0.15) is 0 Å². The summed E-state index contributed by atoms with van der Waals surface area (Å²) in [5, 5.41) is 17.7. The van der Waals surface area contributed by atoms with Crippen LogP contribution < -0.4 is 4.90 Å². The normalized spacial score (nSPS) is 13.1. The molecule has 0 saturated carbocycles. The molecule has 4 aromatic heterocycles. The predicted octanol–water partition coefficient (Wildman–Crippen LogP) is 4.09. The number of carboxylic acid groups (broad SMARTS) is 1. The van der Waals surface area contributed by atoms with Gasteiger partial charge in [0.2, 0.25) is 0 Å². The second-order valence-electron chi connectivity index (χ2n) is 8.89. The van der Waals surface area contributed by atoms with E-state index in [0.717, 1.165) is 16.7 Å². The number of amides is 1. The van der Waals surface area contributed by atoms with Crippen molar-refractivity contribution in [2.45, 2.75) is 26.4 Å². The molecule has 0 fully saturated rings. The summed E-state index contributed by atoms with van der Waals surface area (Å²) < 4.78 is 3.47. The minimum Gasteiger partial charge on any atom is -0.477 e. The molecule has 10 heteroatoms. The molecular formula is C26H21N7O3. The monoisotopic (exact) mass is 479 g/mol. The molecule has 0 spiro atoms. The van der Waals surface area contributed by atoms with E-state index < -0.39 is 5.97 Å². The highest BCUT2D eigenvalue weighted by Crippen LogP contribution is 2.32. The smallest absolute Gasteiger partial charge is 0.354 e. The first kappa shape index (κ1) is 21.7. The molecule has 5 aromatic rings. The number of fused-ring (bicyclic) bond motifs is 2. The van der Waals surface area contributed by atoms with Crippen LogP contribution in [-0.2, 0) is 6.54 Å². The van der Waals surface area contributed by atoms with Gasteiger partial charge in [-0.3, -0.25) is 14.1 Å². The molecular weight excluding hydrogens is 458 g/mol. The number of carbonyl (C=O) groups excluding carboxylic acids is 1. The van der Waals surface area contributed by atoms with Gasteiger partial charge >= 0.3 is 5.97 Å². The quantitative estimate of drug-likeness (QED) is 0.403. The molecule has 36 heavy (non-hydrogen) atoms. The van der Waals surface area contributed by atoms with Crippen LogP contribution in [0.3, 0.4) is 0 Å². The SMILES string of the molecule is CC(C)n1cnnc1-c1cccc(N2Cc3ccc(-c4ccc5ncc(C(=O)O)n5c4)cc3C2=O)n1. The van der Waals surface area contributed by atoms with Crippen molar-refractivity contribution in [3.05, 3.63) is 84.1 Å². The minimum absolute atomic E-state index is 0.0783. The van der Waals surface area contributed by atoms with Gasteiger partial charge < -0.3 is 9.67 Å². The number of pyridine rings is 2. The highest BCUT2D eigenvalue weighted by Gasteiger charge is 2.30. The molecule has 1 N–H and O–H groups in total. The fourth-order valence-corrected chi connectivity index (χ4v) is 4.48. The van der Waals surface area contributed by atoms with Crippen LogP contribution in [0.2, 0.25) is 0 Å². The van der Waals surface area contributed by atoms with Crippen molar-refractivity contribution in [3.63, 3.8) is 0 Å². The van der Waals surface area contributed by atoms with Crippen LogP contribution in [0.25, 0.3) is 28.3 Å². The maximum atomic E-state index is 13.4. The van der Waals surface area contributed by atoms with E-state index in [9.17, 15) is 14.7 Å². The number of rotatable bonds is 5. The molecule has 1 aliphatic heterocycles. The summed E-state index contributed by atoms with van der Waals surface area (Å²) in [5.41, 5.74) is 4.35. The van der Waals surface area contributed by atoms with E-state index in [-0.39, 0.29) is 17.6 Å². The van der Waals surface area contributed by atoms with E-state index >= 15 is 0 Å². The summed E-state index contributed by atoms with van der Waals surface area (Å²) in [6.45, 7) is 4.50.